The number of nitrogens with two attached hydrogens (primary N) is 1. The van der Waals surface area contributed by atoms with Gasteiger partial charge < -0.3 is 11.1 Å². The summed E-state index contributed by atoms with van der Waals surface area (Å²) in [5.74, 6) is -0.168. The minimum Gasteiger partial charge on any atom is -0.349 e. The maximum Gasteiger partial charge on any atom is 0.220 e. The highest BCUT2D eigenvalue weighted by molar-refractivity contribution is 5.77. The molecule has 0 radical (unpaired) electrons. The molecule has 1 saturated heterocycles. The lowest BCUT2D eigenvalue weighted by Crippen LogP contribution is -2.39. The molecule has 0 saturated carbocycles. The van der Waals surface area contributed by atoms with Crippen molar-refractivity contribution in [3.05, 3.63) is 35.6 Å². The van der Waals surface area contributed by atoms with Crippen molar-refractivity contribution in [2.75, 3.05) is 6.54 Å². The number of hydrogen-bond donors (Lipinski definition) is 2. The molecule has 2 unspecified atom stereocenters. The number of carbonyl (C=O) groups is 1. The van der Waals surface area contributed by atoms with Crippen LogP contribution in [-0.2, 0) is 4.79 Å². The topological polar surface area (TPSA) is 55.1 Å². The number of amides is 1. The highest BCUT2D eigenvalue weighted by atomic mass is 19.1. The van der Waals surface area contributed by atoms with Crippen LogP contribution in [0.5, 0.6) is 0 Å². The Labute approximate surface area is 93.8 Å². The van der Waals surface area contributed by atoms with E-state index in [1.807, 2.05) is 0 Å². The molecule has 0 aromatic heterocycles. The van der Waals surface area contributed by atoms with Gasteiger partial charge in [-0.2, -0.15) is 0 Å². The first kappa shape index (κ1) is 11.1. The third-order valence-corrected chi connectivity index (χ3v) is 2.99. The maximum absolute atomic E-state index is 13.5. The summed E-state index contributed by atoms with van der Waals surface area (Å²) in [6.07, 6.45) is 1.16. The lowest BCUT2D eigenvalue weighted by Gasteiger charge is -2.29. The van der Waals surface area contributed by atoms with Crippen molar-refractivity contribution in [1.82, 2.24) is 5.32 Å². The molecule has 1 aromatic carbocycles. The molecule has 0 aliphatic carbocycles. The minimum atomic E-state index is -0.273. The second kappa shape index (κ2) is 4.61. The smallest absolute Gasteiger partial charge is 0.220 e. The van der Waals surface area contributed by atoms with E-state index >= 15 is 0 Å². The molecule has 2 atom stereocenters. The van der Waals surface area contributed by atoms with E-state index in [1.165, 1.54) is 6.07 Å². The summed E-state index contributed by atoms with van der Waals surface area (Å²) in [4.78, 5) is 11.4. The third kappa shape index (κ3) is 2.22. The number of benzene rings is 1. The molecule has 3 nitrogen and oxygen atoms in total. The molecule has 0 spiro atoms. The first-order chi connectivity index (χ1) is 7.70. The van der Waals surface area contributed by atoms with Gasteiger partial charge >= 0.3 is 0 Å². The van der Waals surface area contributed by atoms with E-state index in [2.05, 4.69) is 5.32 Å². The summed E-state index contributed by atoms with van der Waals surface area (Å²) in [5, 5.41) is 2.80. The number of nitrogens with one attached hydrogen (secondary N) is 1. The highest BCUT2D eigenvalue weighted by Gasteiger charge is 2.27. The molecule has 4 heteroatoms. The fourth-order valence-electron chi connectivity index (χ4n) is 2.13. The molecule has 2 rings (SSSR count). The summed E-state index contributed by atoms with van der Waals surface area (Å²) in [7, 11) is 0. The molecule has 0 bridgehead atoms. The number of rotatable bonds is 2. The predicted molar refractivity (Wildman–Crippen MR) is 59.1 cm³/mol. The molecule has 1 heterocycles. The van der Waals surface area contributed by atoms with Crippen molar-refractivity contribution in [3.8, 4) is 0 Å². The van der Waals surface area contributed by atoms with Crippen LogP contribution in [0.3, 0.4) is 0 Å². The van der Waals surface area contributed by atoms with Crippen molar-refractivity contribution >= 4 is 5.91 Å². The molecule has 3 N–H and O–H groups in total. The molecular formula is C12H15FN2O. The zero-order valence-corrected chi connectivity index (χ0v) is 8.95. The van der Waals surface area contributed by atoms with E-state index in [9.17, 15) is 9.18 Å². The molecule has 1 aromatic rings. The van der Waals surface area contributed by atoms with Crippen LogP contribution in [0.15, 0.2) is 24.3 Å². The van der Waals surface area contributed by atoms with E-state index in [1.54, 1.807) is 18.2 Å². The Bertz CT molecular complexity index is 394. The molecule has 1 aliphatic rings. The van der Waals surface area contributed by atoms with Crippen LogP contribution in [0, 0.1) is 11.7 Å². The SMILES string of the molecule is NCC1CC(=O)NC(c2ccccc2F)C1. The molecule has 16 heavy (non-hydrogen) atoms. The zero-order chi connectivity index (χ0) is 11.5. The summed E-state index contributed by atoms with van der Waals surface area (Å²) in [6, 6.07) is 6.30. The van der Waals surface area contributed by atoms with Crippen molar-refractivity contribution in [3.63, 3.8) is 0 Å². The summed E-state index contributed by atoms with van der Waals surface area (Å²) >= 11 is 0. The van der Waals surface area contributed by atoms with Crippen molar-refractivity contribution in [1.29, 1.82) is 0 Å². The number of halogens is 1. The van der Waals surface area contributed by atoms with Crippen molar-refractivity contribution in [2.24, 2.45) is 11.7 Å². The van der Waals surface area contributed by atoms with Crippen LogP contribution < -0.4 is 11.1 Å². The lowest BCUT2D eigenvalue weighted by molar-refractivity contribution is -0.124. The van der Waals surface area contributed by atoms with E-state index in [-0.39, 0.29) is 23.7 Å². The van der Waals surface area contributed by atoms with Gasteiger partial charge in [-0.1, -0.05) is 18.2 Å². The largest absolute Gasteiger partial charge is 0.349 e. The fraction of sp³-hybridized carbons (Fsp3) is 0.417. The van der Waals surface area contributed by atoms with Gasteiger partial charge in [0.05, 0.1) is 6.04 Å². The monoisotopic (exact) mass is 222 g/mol. The van der Waals surface area contributed by atoms with E-state index in [4.69, 9.17) is 5.73 Å². The quantitative estimate of drug-likeness (QED) is 0.793. The molecule has 1 fully saturated rings. The standard InChI is InChI=1S/C12H15FN2O/c13-10-4-2-1-3-9(10)11-5-8(7-14)6-12(16)15-11/h1-4,8,11H,5-7,14H2,(H,15,16). The van der Waals surface area contributed by atoms with Gasteiger partial charge in [0.25, 0.3) is 0 Å². The second-order valence-electron chi connectivity index (χ2n) is 4.18. The van der Waals surface area contributed by atoms with Crippen LogP contribution in [0.4, 0.5) is 4.39 Å². The van der Waals surface area contributed by atoms with Crippen LogP contribution in [0.25, 0.3) is 0 Å². The normalized spacial score (nSPS) is 25.2. The number of carbonyl (C=O) groups excluding carboxylic acids is 1. The summed E-state index contributed by atoms with van der Waals surface area (Å²) in [5.41, 5.74) is 6.12. The fourth-order valence-corrected chi connectivity index (χ4v) is 2.13. The average molecular weight is 222 g/mol. The first-order valence-electron chi connectivity index (χ1n) is 5.44. The maximum atomic E-state index is 13.5. The minimum absolute atomic E-state index is 0.0463. The Morgan fingerprint density at radius 2 is 2.19 bits per heavy atom. The highest BCUT2D eigenvalue weighted by Crippen LogP contribution is 2.28. The van der Waals surface area contributed by atoms with Crippen molar-refractivity contribution < 1.29 is 9.18 Å². The molecule has 1 amide bonds. The van der Waals surface area contributed by atoms with Crippen LogP contribution >= 0.6 is 0 Å². The summed E-state index contributed by atoms with van der Waals surface area (Å²) < 4.78 is 13.5. The summed E-state index contributed by atoms with van der Waals surface area (Å²) in [6.45, 7) is 0.471. The molecular weight excluding hydrogens is 207 g/mol. The Balaban J connectivity index is 2.21. The van der Waals surface area contributed by atoms with Crippen LogP contribution in [0.1, 0.15) is 24.4 Å². The Hall–Kier alpha value is -1.42. The predicted octanol–water partition coefficient (Wildman–Crippen LogP) is 1.35. The van der Waals surface area contributed by atoms with Gasteiger partial charge in [0.15, 0.2) is 0 Å². The number of piperidine rings is 1. The Morgan fingerprint density at radius 3 is 2.88 bits per heavy atom. The van der Waals surface area contributed by atoms with Gasteiger partial charge in [-0.15, -0.1) is 0 Å². The van der Waals surface area contributed by atoms with Crippen molar-refractivity contribution in [2.45, 2.75) is 18.9 Å². The second-order valence-corrected chi connectivity index (χ2v) is 4.18. The van der Waals surface area contributed by atoms with Gasteiger partial charge in [-0.25, -0.2) is 4.39 Å². The van der Waals surface area contributed by atoms with E-state index in [0.717, 1.165) is 0 Å². The average Bonchev–Trinajstić information content (AvgIpc) is 2.28. The van der Waals surface area contributed by atoms with Gasteiger partial charge in [0.1, 0.15) is 5.82 Å². The van der Waals surface area contributed by atoms with E-state index < -0.39 is 0 Å². The first-order valence-corrected chi connectivity index (χ1v) is 5.44. The van der Waals surface area contributed by atoms with Gasteiger partial charge in [-0.05, 0) is 24.9 Å². The van der Waals surface area contributed by atoms with Crippen LogP contribution in [0.2, 0.25) is 0 Å². The lowest BCUT2D eigenvalue weighted by atomic mass is 9.88. The van der Waals surface area contributed by atoms with E-state index in [0.29, 0.717) is 24.9 Å². The van der Waals surface area contributed by atoms with Crippen LogP contribution in [-0.4, -0.2) is 12.5 Å². The Kier molecular flexibility index (Phi) is 3.19. The third-order valence-electron chi connectivity index (χ3n) is 2.99. The van der Waals surface area contributed by atoms with Gasteiger partial charge in [0, 0.05) is 12.0 Å². The Morgan fingerprint density at radius 1 is 1.44 bits per heavy atom. The zero-order valence-electron chi connectivity index (χ0n) is 8.95. The van der Waals surface area contributed by atoms with Gasteiger partial charge in [-0.3, -0.25) is 4.79 Å². The molecule has 86 valence electrons. The number of hydrogen-bond acceptors (Lipinski definition) is 2. The van der Waals surface area contributed by atoms with Gasteiger partial charge in [0.2, 0.25) is 5.91 Å². The molecule has 1 aliphatic heterocycles.